The summed E-state index contributed by atoms with van der Waals surface area (Å²) in [6, 6.07) is 0. The third kappa shape index (κ3) is 5.83. The van der Waals surface area contributed by atoms with Gasteiger partial charge in [0.05, 0.1) is 18.3 Å². The Morgan fingerprint density at radius 1 is 1.44 bits per heavy atom. The van der Waals surface area contributed by atoms with Crippen LogP contribution in [0.5, 0.6) is 0 Å². The molecule has 0 amide bonds. The van der Waals surface area contributed by atoms with Crippen molar-refractivity contribution < 1.29 is 9.84 Å². The lowest BCUT2D eigenvalue weighted by atomic mass is 10.00. The monoisotopic (exact) mass is 229 g/mol. The normalized spacial score (nSPS) is 25.7. The number of aliphatic hydroxyl groups is 1. The van der Waals surface area contributed by atoms with Gasteiger partial charge in [-0.3, -0.25) is 0 Å². The van der Waals surface area contributed by atoms with E-state index in [2.05, 4.69) is 11.8 Å². The molecule has 0 radical (unpaired) electrons. The predicted octanol–water partition coefficient (Wildman–Crippen LogP) is 1.89. The van der Waals surface area contributed by atoms with Gasteiger partial charge in [-0.15, -0.1) is 0 Å². The van der Waals surface area contributed by atoms with Crippen LogP contribution in [0.25, 0.3) is 0 Å². The van der Waals surface area contributed by atoms with Crippen LogP contribution in [0.1, 0.15) is 40.5 Å². The number of nitrogens with zero attached hydrogens (tertiary/aromatic N) is 1. The Morgan fingerprint density at radius 3 is 2.69 bits per heavy atom. The first kappa shape index (κ1) is 13.9. The lowest BCUT2D eigenvalue weighted by Crippen LogP contribution is -2.41. The van der Waals surface area contributed by atoms with E-state index in [0.717, 1.165) is 25.6 Å². The van der Waals surface area contributed by atoms with Gasteiger partial charge in [-0.1, -0.05) is 6.92 Å². The highest BCUT2D eigenvalue weighted by atomic mass is 16.5. The summed E-state index contributed by atoms with van der Waals surface area (Å²) in [5, 5.41) is 9.88. The van der Waals surface area contributed by atoms with Crippen LogP contribution in [0, 0.1) is 5.92 Å². The van der Waals surface area contributed by atoms with Crippen LogP contribution in [-0.4, -0.2) is 48.0 Å². The van der Waals surface area contributed by atoms with E-state index in [9.17, 15) is 5.11 Å². The third-order valence-corrected chi connectivity index (χ3v) is 2.92. The molecule has 96 valence electrons. The van der Waals surface area contributed by atoms with Crippen LogP contribution in [0.3, 0.4) is 0 Å². The quantitative estimate of drug-likeness (QED) is 0.799. The molecule has 0 spiro atoms. The Bertz CT molecular complexity index is 201. The van der Waals surface area contributed by atoms with Crippen molar-refractivity contribution in [2.45, 2.75) is 52.2 Å². The molecule has 2 unspecified atom stereocenters. The molecular formula is C13H27NO2. The van der Waals surface area contributed by atoms with Crippen LogP contribution >= 0.6 is 0 Å². The fraction of sp³-hybridized carbons (Fsp3) is 1.00. The van der Waals surface area contributed by atoms with E-state index in [1.807, 2.05) is 20.8 Å². The highest BCUT2D eigenvalue weighted by Gasteiger charge is 2.20. The van der Waals surface area contributed by atoms with Crippen molar-refractivity contribution in [2.24, 2.45) is 5.92 Å². The Morgan fingerprint density at radius 2 is 2.12 bits per heavy atom. The summed E-state index contributed by atoms with van der Waals surface area (Å²) in [4.78, 5) is 2.35. The van der Waals surface area contributed by atoms with Crippen molar-refractivity contribution in [3.05, 3.63) is 0 Å². The number of β-amino-alcohol motifs (C(OH)–C–C–N with tert-alkyl or cyclic N) is 1. The van der Waals surface area contributed by atoms with Crippen molar-refractivity contribution in [1.29, 1.82) is 0 Å². The van der Waals surface area contributed by atoms with Crippen molar-refractivity contribution in [3.63, 3.8) is 0 Å². The average molecular weight is 229 g/mol. The van der Waals surface area contributed by atoms with Crippen molar-refractivity contribution in [2.75, 3.05) is 26.2 Å². The Labute approximate surface area is 99.8 Å². The number of piperidine rings is 1. The highest BCUT2D eigenvalue weighted by molar-refractivity contribution is 4.73. The van der Waals surface area contributed by atoms with Crippen LogP contribution in [-0.2, 0) is 4.74 Å². The van der Waals surface area contributed by atoms with Gasteiger partial charge in [0.15, 0.2) is 0 Å². The van der Waals surface area contributed by atoms with E-state index in [1.165, 1.54) is 12.8 Å². The van der Waals surface area contributed by atoms with E-state index < -0.39 is 0 Å². The highest BCUT2D eigenvalue weighted by Crippen LogP contribution is 2.16. The first-order chi connectivity index (χ1) is 7.37. The van der Waals surface area contributed by atoms with Gasteiger partial charge in [0.2, 0.25) is 0 Å². The summed E-state index contributed by atoms with van der Waals surface area (Å²) in [6.45, 7) is 11.8. The number of hydrogen-bond donors (Lipinski definition) is 1. The molecule has 1 saturated heterocycles. The Balaban J connectivity index is 2.20. The second-order valence-corrected chi connectivity index (χ2v) is 6.08. The van der Waals surface area contributed by atoms with Gasteiger partial charge in [0, 0.05) is 13.1 Å². The Hall–Kier alpha value is -0.120. The number of hydrogen-bond acceptors (Lipinski definition) is 3. The SMILES string of the molecule is CC1CCCN(CC(O)COC(C)(C)C)C1. The zero-order valence-electron chi connectivity index (χ0n) is 11.2. The fourth-order valence-corrected chi connectivity index (χ4v) is 2.15. The van der Waals surface area contributed by atoms with E-state index in [0.29, 0.717) is 6.61 Å². The molecule has 0 aromatic rings. The first-order valence-corrected chi connectivity index (χ1v) is 6.41. The average Bonchev–Trinajstić information content (AvgIpc) is 2.14. The zero-order chi connectivity index (χ0) is 12.2. The molecule has 0 aliphatic carbocycles. The van der Waals surface area contributed by atoms with Crippen LogP contribution in [0.4, 0.5) is 0 Å². The van der Waals surface area contributed by atoms with Gasteiger partial charge >= 0.3 is 0 Å². The molecule has 3 nitrogen and oxygen atoms in total. The van der Waals surface area contributed by atoms with Crippen LogP contribution in [0.2, 0.25) is 0 Å². The predicted molar refractivity (Wildman–Crippen MR) is 66.5 cm³/mol. The first-order valence-electron chi connectivity index (χ1n) is 6.41. The summed E-state index contributed by atoms with van der Waals surface area (Å²) >= 11 is 0. The molecule has 1 fully saturated rings. The number of ether oxygens (including phenoxy) is 1. The lowest BCUT2D eigenvalue weighted by Gasteiger charge is -2.32. The minimum absolute atomic E-state index is 0.157. The van der Waals surface area contributed by atoms with Gasteiger partial charge < -0.3 is 14.7 Å². The van der Waals surface area contributed by atoms with E-state index in [1.54, 1.807) is 0 Å². The maximum absolute atomic E-state index is 9.88. The molecular weight excluding hydrogens is 202 g/mol. The zero-order valence-corrected chi connectivity index (χ0v) is 11.2. The largest absolute Gasteiger partial charge is 0.389 e. The molecule has 1 aliphatic rings. The molecule has 3 heteroatoms. The molecule has 1 heterocycles. The number of aliphatic hydroxyl groups excluding tert-OH is 1. The van der Waals surface area contributed by atoms with Gasteiger partial charge in [-0.05, 0) is 46.1 Å². The molecule has 0 bridgehead atoms. The number of rotatable bonds is 4. The molecule has 2 atom stereocenters. The van der Waals surface area contributed by atoms with Crippen molar-refractivity contribution in [1.82, 2.24) is 4.90 Å². The van der Waals surface area contributed by atoms with Crippen molar-refractivity contribution >= 4 is 0 Å². The summed E-state index contributed by atoms with van der Waals surface area (Å²) < 4.78 is 5.58. The number of likely N-dealkylation sites (tertiary alicyclic amines) is 1. The van der Waals surface area contributed by atoms with Crippen LogP contribution in [0.15, 0.2) is 0 Å². The minimum atomic E-state index is -0.357. The van der Waals surface area contributed by atoms with Gasteiger partial charge in [0.1, 0.15) is 0 Å². The molecule has 0 aromatic carbocycles. The third-order valence-electron chi connectivity index (χ3n) is 2.92. The molecule has 0 saturated carbocycles. The molecule has 0 aromatic heterocycles. The van der Waals surface area contributed by atoms with Gasteiger partial charge in [0.25, 0.3) is 0 Å². The second-order valence-electron chi connectivity index (χ2n) is 6.08. The second kappa shape index (κ2) is 5.99. The van der Waals surface area contributed by atoms with Crippen LogP contribution < -0.4 is 0 Å². The topological polar surface area (TPSA) is 32.7 Å². The van der Waals surface area contributed by atoms with E-state index in [4.69, 9.17) is 4.74 Å². The molecule has 1 N–H and O–H groups in total. The van der Waals surface area contributed by atoms with Gasteiger partial charge in [-0.25, -0.2) is 0 Å². The maximum Gasteiger partial charge on any atom is 0.0900 e. The summed E-state index contributed by atoms with van der Waals surface area (Å²) in [5.74, 6) is 0.768. The van der Waals surface area contributed by atoms with E-state index in [-0.39, 0.29) is 11.7 Å². The van der Waals surface area contributed by atoms with Crippen molar-refractivity contribution in [3.8, 4) is 0 Å². The summed E-state index contributed by atoms with van der Waals surface area (Å²) in [7, 11) is 0. The summed E-state index contributed by atoms with van der Waals surface area (Å²) in [5.41, 5.74) is -0.157. The standard InChI is InChI=1S/C13H27NO2/c1-11-6-5-7-14(8-11)9-12(15)10-16-13(2,3)4/h11-12,15H,5-10H2,1-4H3. The van der Waals surface area contributed by atoms with Gasteiger partial charge in [-0.2, -0.15) is 0 Å². The fourth-order valence-electron chi connectivity index (χ4n) is 2.15. The lowest BCUT2D eigenvalue weighted by molar-refractivity contribution is -0.0581. The van der Waals surface area contributed by atoms with E-state index >= 15 is 0 Å². The maximum atomic E-state index is 9.88. The molecule has 1 rings (SSSR count). The smallest absolute Gasteiger partial charge is 0.0900 e. The summed E-state index contributed by atoms with van der Waals surface area (Å²) in [6.07, 6.45) is 2.23. The molecule has 16 heavy (non-hydrogen) atoms. The Kier molecular flexibility index (Phi) is 5.22. The molecule has 1 aliphatic heterocycles. The minimum Gasteiger partial charge on any atom is -0.389 e.